The van der Waals surface area contributed by atoms with Gasteiger partial charge in [-0.1, -0.05) is 13.8 Å². The largest absolute Gasteiger partial charge is 0.514 e. The van der Waals surface area contributed by atoms with Gasteiger partial charge in [-0.3, -0.25) is 20.2 Å². The lowest BCUT2D eigenvalue weighted by Crippen LogP contribution is -2.14. The molecule has 0 aromatic heterocycles. The Bertz CT molecular complexity index is 542. The van der Waals surface area contributed by atoms with E-state index in [-0.39, 0.29) is 12.5 Å². The van der Waals surface area contributed by atoms with Gasteiger partial charge in [0.2, 0.25) is 5.75 Å². The van der Waals surface area contributed by atoms with Gasteiger partial charge in [0.25, 0.3) is 5.69 Å². The van der Waals surface area contributed by atoms with Gasteiger partial charge >= 0.3 is 11.8 Å². The van der Waals surface area contributed by atoms with Gasteiger partial charge in [0.1, 0.15) is 0 Å². The molecule has 0 heterocycles. The molecule has 0 aliphatic carbocycles. The molecule has 0 N–H and O–H groups in total. The number of nitro groups is 2. The Morgan fingerprint density at radius 2 is 1.90 bits per heavy atom. The molecule has 0 amide bonds. The van der Waals surface area contributed by atoms with E-state index < -0.39 is 33.1 Å². The van der Waals surface area contributed by atoms with E-state index in [2.05, 4.69) is 4.74 Å². The highest BCUT2D eigenvalue weighted by atomic mass is 16.7. The summed E-state index contributed by atoms with van der Waals surface area (Å²) in [5.74, 6) is -0.330. The van der Waals surface area contributed by atoms with Gasteiger partial charge in [-0.15, -0.1) is 0 Å². The standard InChI is InChI=1S/C11H12N2O7/c1-7(2)6-19-11(14)20-10-4-3-8(12(15)16)5-9(10)13(17)18/h3-5,7H,6H2,1-2H3. The Labute approximate surface area is 113 Å². The molecule has 1 aromatic carbocycles. The predicted molar refractivity (Wildman–Crippen MR) is 66.6 cm³/mol. The zero-order valence-corrected chi connectivity index (χ0v) is 10.8. The van der Waals surface area contributed by atoms with Crippen molar-refractivity contribution in [2.45, 2.75) is 13.8 Å². The molecule has 9 heteroatoms. The van der Waals surface area contributed by atoms with E-state index >= 15 is 0 Å². The lowest BCUT2D eigenvalue weighted by Gasteiger charge is -2.07. The number of rotatable bonds is 5. The number of carbonyl (C=O) groups is 1. The van der Waals surface area contributed by atoms with Crippen LogP contribution in [0.5, 0.6) is 5.75 Å². The average Bonchev–Trinajstić information content (AvgIpc) is 2.36. The molecule has 0 unspecified atom stereocenters. The molecule has 1 rings (SSSR count). The van der Waals surface area contributed by atoms with Crippen LogP contribution in [0.3, 0.4) is 0 Å². The summed E-state index contributed by atoms with van der Waals surface area (Å²) in [5, 5.41) is 21.3. The molecule has 0 spiro atoms. The van der Waals surface area contributed by atoms with Gasteiger partial charge in [-0.25, -0.2) is 4.79 Å². The van der Waals surface area contributed by atoms with Crippen molar-refractivity contribution in [3.8, 4) is 5.75 Å². The van der Waals surface area contributed by atoms with E-state index in [1.165, 1.54) is 0 Å². The van der Waals surface area contributed by atoms with Crippen molar-refractivity contribution >= 4 is 17.5 Å². The van der Waals surface area contributed by atoms with Crippen LogP contribution in [0.4, 0.5) is 16.2 Å². The van der Waals surface area contributed by atoms with Gasteiger partial charge in [-0.05, 0) is 12.0 Å². The second-order valence-corrected chi connectivity index (χ2v) is 4.22. The van der Waals surface area contributed by atoms with Crippen LogP contribution in [-0.4, -0.2) is 22.6 Å². The lowest BCUT2D eigenvalue weighted by molar-refractivity contribution is -0.394. The first-order valence-electron chi connectivity index (χ1n) is 5.58. The first-order valence-corrected chi connectivity index (χ1v) is 5.58. The summed E-state index contributed by atoms with van der Waals surface area (Å²) in [6.45, 7) is 3.71. The number of carbonyl (C=O) groups excluding carboxylic acids is 1. The summed E-state index contributed by atoms with van der Waals surface area (Å²) < 4.78 is 9.37. The molecule has 1 aromatic rings. The number of benzene rings is 1. The highest BCUT2D eigenvalue weighted by Crippen LogP contribution is 2.31. The first kappa shape index (κ1) is 15.3. The second-order valence-electron chi connectivity index (χ2n) is 4.22. The van der Waals surface area contributed by atoms with E-state index in [9.17, 15) is 25.0 Å². The molecule has 0 aliphatic heterocycles. The topological polar surface area (TPSA) is 122 Å². The maximum Gasteiger partial charge on any atom is 0.514 e. The Morgan fingerprint density at radius 1 is 1.25 bits per heavy atom. The number of hydrogen-bond donors (Lipinski definition) is 0. The summed E-state index contributed by atoms with van der Waals surface area (Å²) in [6.07, 6.45) is -1.10. The van der Waals surface area contributed by atoms with Crippen LogP contribution >= 0.6 is 0 Å². The summed E-state index contributed by atoms with van der Waals surface area (Å²) in [5.41, 5.74) is -1.15. The predicted octanol–water partition coefficient (Wildman–Crippen LogP) is 2.67. The third kappa shape index (κ3) is 4.19. The number of ether oxygens (including phenoxy) is 2. The minimum atomic E-state index is -1.10. The van der Waals surface area contributed by atoms with Gasteiger partial charge in [-0.2, -0.15) is 0 Å². The monoisotopic (exact) mass is 284 g/mol. The van der Waals surface area contributed by atoms with Crippen LogP contribution in [0.1, 0.15) is 13.8 Å². The number of non-ortho nitro benzene ring substituents is 1. The fourth-order valence-corrected chi connectivity index (χ4v) is 1.20. The zero-order chi connectivity index (χ0) is 15.3. The molecule has 0 saturated heterocycles. The fourth-order valence-electron chi connectivity index (χ4n) is 1.20. The molecule has 0 atom stereocenters. The summed E-state index contributed by atoms with van der Waals surface area (Å²) in [4.78, 5) is 31.0. The number of nitrogens with zero attached hydrogens (tertiary/aromatic N) is 2. The van der Waals surface area contributed by atoms with Crippen molar-refractivity contribution in [1.82, 2.24) is 0 Å². The SMILES string of the molecule is CC(C)COC(=O)Oc1ccc([N+](=O)[O-])cc1[N+](=O)[O-]. The third-order valence-electron chi connectivity index (χ3n) is 2.08. The van der Waals surface area contributed by atoms with Crippen molar-refractivity contribution in [2.75, 3.05) is 6.61 Å². The maximum atomic E-state index is 11.3. The van der Waals surface area contributed by atoms with Crippen molar-refractivity contribution in [3.63, 3.8) is 0 Å². The van der Waals surface area contributed by atoms with Crippen molar-refractivity contribution in [2.24, 2.45) is 5.92 Å². The van der Waals surface area contributed by atoms with Crippen LogP contribution in [0.15, 0.2) is 18.2 Å². The number of hydrogen-bond acceptors (Lipinski definition) is 7. The summed E-state index contributed by atoms with van der Waals surface area (Å²) >= 11 is 0. The molecule has 108 valence electrons. The molecular weight excluding hydrogens is 272 g/mol. The van der Waals surface area contributed by atoms with Crippen LogP contribution in [0.2, 0.25) is 0 Å². The van der Waals surface area contributed by atoms with Crippen LogP contribution in [0.25, 0.3) is 0 Å². The molecule has 9 nitrogen and oxygen atoms in total. The minimum Gasteiger partial charge on any atom is -0.434 e. The van der Waals surface area contributed by atoms with Gasteiger partial charge < -0.3 is 9.47 Å². The van der Waals surface area contributed by atoms with Crippen molar-refractivity contribution in [1.29, 1.82) is 0 Å². The highest BCUT2D eigenvalue weighted by molar-refractivity contribution is 5.67. The molecule has 0 radical (unpaired) electrons. The molecule has 0 saturated carbocycles. The molecular formula is C11H12N2O7. The Hall–Kier alpha value is -2.71. The van der Waals surface area contributed by atoms with Crippen LogP contribution in [0, 0.1) is 26.1 Å². The van der Waals surface area contributed by atoms with Crippen LogP contribution in [-0.2, 0) is 4.74 Å². The molecule has 20 heavy (non-hydrogen) atoms. The van der Waals surface area contributed by atoms with E-state index in [0.29, 0.717) is 6.07 Å². The second kappa shape index (κ2) is 6.45. The molecule has 0 fully saturated rings. The highest BCUT2D eigenvalue weighted by Gasteiger charge is 2.23. The van der Waals surface area contributed by atoms with Crippen molar-refractivity contribution in [3.05, 3.63) is 38.4 Å². The zero-order valence-electron chi connectivity index (χ0n) is 10.8. The first-order chi connectivity index (χ1) is 9.31. The quantitative estimate of drug-likeness (QED) is 0.352. The van der Waals surface area contributed by atoms with Gasteiger partial charge in [0.05, 0.1) is 22.5 Å². The van der Waals surface area contributed by atoms with Gasteiger partial charge in [0, 0.05) is 6.07 Å². The van der Waals surface area contributed by atoms with E-state index in [4.69, 9.17) is 4.74 Å². The van der Waals surface area contributed by atoms with Gasteiger partial charge in [0.15, 0.2) is 0 Å². The van der Waals surface area contributed by atoms with Crippen LogP contribution < -0.4 is 4.74 Å². The van der Waals surface area contributed by atoms with E-state index in [1.807, 2.05) is 13.8 Å². The maximum absolute atomic E-state index is 11.3. The normalized spacial score (nSPS) is 10.2. The number of nitro benzene ring substituents is 2. The Balaban J connectivity index is 2.92. The fraction of sp³-hybridized carbons (Fsp3) is 0.364. The van der Waals surface area contributed by atoms with E-state index in [1.54, 1.807) is 0 Å². The lowest BCUT2D eigenvalue weighted by atomic mass is 10.2. The minimum absolute atomic E-state index is 0.0781. The third-order valence-corrected chi connectivity index (χ3v) is 2.08. The smallest absolute Gasteiger partial charge is 0.434 e. The van der Waals surface area contributed by atoms with Crippen molar-refractivity contribution < 1.29 is 24.1 Å². The summed E-state index contributed by atoms with van der Waals surface area (Å²) in [7, 11) is 0. The summed E-state index contributed by atoms with van der Waals surface area (Å²) in [6, 6.07) is 2.69. The Morgan fingerprint density at radius 3 is 2.40 bits per heavy atom. The Kier molecular flexibility index (Phi) is 4.95. The average molecular weight is 284 g/mol. The molecule has 0 bridgehead atoms. The van der Waals surface area contributed by atoms with E-state index in [0.717, 1.165) is 12.1 Å². The molecule has 0 aliphatic rings.